The number of hydrogen-bond acceptors (Lipinski definition) is 4. The van der Waals surface area contributed by atoms with Crippen LogP contribution in [0.25, 0.3) is 0 Å². The summed E-state index contributed by atoms with van der Waals surface area (Å²) in [6.45, 7) is 3.62. The van der Waals surface area contributed by atoms with Crippen LogP contribution in [-0.2, 0) is 9.59 Å². The number of carboxylic acid groups (broad SMARTS) is 1. The normalized spacial score (nSPS) is 11.6. The van der Waals surface area contributed by atoms with E-state index < -0.39 is 17.9 Å². The van der Waals surface area contributed by atoms with Crippen LogP contribution in [0.3, 0.4) is 0 Å². The van der Waals surface area contributed by atoms with Gasteiger partial charge in [-0.2, -0.15) is 0 Å². The lowest BCUT2D eigenvalue weighted by Crippen LogP contribution is -2.42. The number of rotatable bonds is 9. The van der Waals surface area contributed by atoms with Crippen molar-refractivity contribution in [2.45, 2.75) is 39.2 Å². The van der Waals surface area contributed by atoms with E-state index in [2.05, 4.69) is 5.32 Å². The van der Waals surface area contributed by atoms with Crippen molar-refractivity contribution in [1.29, 1.82) is 0 Å². The lowest BCUT2D eigenvalue weighted by atomic mass is 10.1. The Balaban J connectivity index is 2.51. The molecule has 0 saturated heterocycles. The Morgan fingerprint density at radius 3 is 2.64 bits per heavy atom. The van der Waals surface area contributed by atoms with Crippen molar-refractivity contribution in [3.05, 3.63) is 23.8 Å². The van der Waals surface area contributed by atoms with Gasteiger partial charge in [0.25, 0.3) is 5.91 Å². The number of carbonyl (C=O) groups is 2. The highest BCUT2D eigenvalue weighted by atomic mass is 16.5. The molecule has 0 aliphatic carbocycles. The van der Waals surface area contributed by atoms with Crippen molar-refractivity contribution in [2.75, 3.05) is 13.7 Å². The number of carbonyl (C=O) groups excluding carboxylic acids is 1. The van der Waals surface area contributed by atoms with Gasteiger partial charge < -0.3 is 19.9 Å². The van der Waals surface area contributed by atoms with Crippen LogP contribution in [0.2, 0.25) is 0 Å². The Kier molecular flexibility index (Phi) is 7.22. The molecule has 6 heteroatoms. The van der Waals surface area contributed by atoms with Crippen molar-refractivity contribution in [1.82, 2.24) is 5.32 Å². The Hall–Kier alpha value is -2.24. The van der Waals surface area contributed by atoms with E-state index in [0.29, 0.717) is 12.2 Å². The maximum Gasteiger partial charge on any atom is 0.326 e. The van der Waals surface area contributed by atoms with Gasteiger partial charge in [-0.1, -0.05) is 19.8 Å². The van der Waals surface area contributed by atoms with E-state index in [1.54, 1.807) is 25.3 Å². The van der Waals surface area contributed by atoms with Crippen LogP contribution < -0.4 is 14.8 Å². The minimum atomic E-state index is -1.03. The summed E-state index contributed by atoms with van der Waals surface area (Å²) in [7, 11) is 1.58. The van der Waals surface area contributed by atoms with E-state index in [-0.39, 0.29) is 6.61 Å². The second kappa shape index (κ2) is 8.92. The van der Waals surface area contributed by atoms with E-state index in [1.165, 1.54) is 0 Å². The summed E-state index contributed by atoms with van der Waals surface area (Å²) in [6, 6.07) is 4.35. The van der Waals surface area contributed by atoms with Crippen LogP contribution in [0.4, 0.5) is 0 Å². The zero-order valence-electron chi connectivity index (χ0n) is 13.2. The molecule has 0 radical (unpaired) electrons. The zero-order valence-corrected chi connectivity index (χ0v) is 13.2. The number of unbranched alkanes of at least 4 members (excludes halogenated alkanes) is 1. The minimum Gasteiger partial charge on any atom is -0.496 e. The summed E-state index contributed by atoms with van der Waals surface area (Å²) in [4.78, 5) is 22.8. The van der Waals surface area contributed by atoms with Crippen LogP contribution in [0, 0.1) is 6.92 Å². The van der Waals surface area contributed by atoms with Gasteiger partial charge in [0, 0.05) is 0 Å². The maximum absolute atomic E-state index is 11.8. The Labute approximate surface area is 130 Å². The molecule has 2 N–H and O–H groups in total. The van der Waals surface area contributed by atoms with E-state index in [1.807, 2.05) is 13.8 Å². The summed E-state index contributed by atoms with van der Waals surface area (Å²) >= 11 is 0. The number of benzene rings is 1. The van der Waals surface area contributed by atoms with Gasteiger partial charge in [0.1, 0.15) is 17.5 Å². The van der Waals surface area contributed by atoms with Gasteiger partial charge in [-0.3, -0.25) is 4.79 Å². The summed E-state index contributed by atoms with van der Waals surface area (Å²) in [6.07, 6.45) is 2.04. The third-order valence-corrected chi connectivity index (χ3v) is 3.22. The SMILES string of the molecule is CCCCC(NC(=O)COc1ccc(OC)c(C)c1)C(=O)O. The third kappa shape index (κ3) is 5.63. The van der Waals surface area contributed by atoms with Crippen molar-refractivity contribution < 1.29 is 24.2 Å². The monoisotopic (exact) mass is 309 g/mol. The number of amides is 1. The second-order valence-corrected chi connectivity index (χ2v) is 5.02. The van der Waals surface area contributed by atoms with Gasteiger partial charge in [-0.25, -0.2) is 4.79 Å². The topological polar surface area (TPSA) is 84.9 Å². The smallest absolute Gasteiger partial charge is 0.326 e. The summed E-state index contributed by atoms with van der Waals surface area (Å²) in [5, 5.41) is 11.5. The highest BCUT2D eigenvalue weighted by Gasteiger charge is 2.19. The molecule has 1 atom stereocenters. The largest absolute Gasteiger partial charge is 0.496 e. The number of carboxylic acids is 1. The molecule has 122 valence electrons. The third-order valence-electron chi connectivity index (χ3n) is 3.22. The Morgan fingerprint density at radius 2 is 2.09 bits per heavy atom. The van der Waals surface area contributed by atoms with Crippen LogP contribution in [0.15, 0.2) is 18.2 Å². The quantitative estimate of drug-likeness (QED) is 0.730. The molecule has 0 aliphatic rings. The highest BCUT2D eigenvalue weighted by molar-refractivity contribution is 5.84. The van der Waals surface area contributed by atoms with Crippen LogP contribution in [0.5, 0.6) is 11.5 Å². The fourth-order valence-corrected chi connectivity index (χ4v) is 1.99. The number of aliphatic carboxylic acids is 1. The molecule has 0 heterocycles. The summed E-state index contributed by atoms with van der Waals surface area (Å²) in [5.74, 6) is -0.199. The molecule has 6 nitrogen and oxygen atoms in total. The fraction of sp³-hybridized carbons (Fsp3) is 0.500. The predicted octanol–water partition coefficient (Wildman–Crippen LogP) is 2.14. The molecule has 0 bridgehead atoms. The minimum absolute atomic E-state index is 0.221. The molecule has 1 amide bonds. The molecular formula is C16H23NO5. The number of ether oxygens (including phenoxy) is 2. The fourth-order valence-electron chi connectivity index (χ4n) is 1.99. The molecule has 0 saturated carbocycles. The summed E-state index contributed by atoms with van der Waals surface area (Å²) in [5.41, 5.74) is 0.895. The molecule has 1 aromatic rings. The zero-order chi connectivity index (χ0) is 16.5. The van der Waals surface area contributed by atoms with Gasteiger partial charge in [0.15, 0.2) is 6.61 Å². The lowest BCUT2D eigenvalue weighted by Gasteiger charge is -2.14. The van der Waals surface area contributed by atoms with E-state index >= 15 is 0 Å². The average Bonchev–Trinajstić information content (AvgIpc) is 2.49. The molecule has 1 rings (SSSR count). The molecule has 1 unspecified atom stereocenters. The van der Waals surface area contributed by atoms with Gasteiger partial charge in [0.05, 0.1) is 7.11 Å². The Bertz CT molecular complexity index is 515. The van der Waals surface area contributed by atoms with E-state index in [0.717, 1.165) is 24.2 Å². The number of hydrogen-bond donors (Lipinski definition) is 2. The van der Waals surface area contributed by atoms with Gasteiger partial charge >= 0.3 is 5.97 Å². The predicted molar refractivity (Wildman–Crippen MR) is 82.3 cm³/mol. The van der Waals surface area contributed by atoms with Crippen LogP contribution >= 0.6 is 0 Å². The first kappa shape index (κ1) is 17.8. The molecule has 22 heavy (non-hydrogen) atoms. The Morgan fingerprint density at radius 1 is 1.36 bits per heavy atom. The van der Waals surface area contributed by atoms with E-state index in [9.17, 15) is 9.59 Å². The number of methoxy groups -OCH3 is 1. The van der Waals surface area contributed by atoms with Crippen LogP contribution in [0.1, 0.15) is 31.7 Å². The first-order chi connectivity index (χ1) is 10.5. The van der Waals surface area contributed by atoms with Crippen molar-refractivity contribution in [3.8, 4) is 11.5 Å². The van der Waals surface area contributed by atoms with Crippen molar-refractivity contribution in [3.63, 3.8) is 0 Å². The van der Waals surface area contributed by atoms with Gasteiger partial charge in [0.2, 0.25) is 0 Å². The van der Waals surface area contributed by atoms with Crippen molar-refractivity contribution in [2.24, 2.45) is 0 Å². The average molecular weight is 309 g/mol. The summed E-state index contributed by atoms with van der Waals surface area (Å²) < 4.78 is 10.5. The molecule has 1 aromatic carbocycles. The highest BCUT2D eigenvalue weighted by Crippen LogP contribution is 2.22. The van der Waals surface area contributed by atoms with Gasteiger partial charge in [-0.05, 0) is 37.1 Å². The molecular weight excluding hydrogens is 286 g/mol. The standard InChI is InChI=1S/C16H23NO5/c1-4-5-6-13(16(19)20)17-15(18)10-22-12-7-8-14(21-3)11(2)9-12/h7-9,13H,4-6,10H2,1-3H3,(H,17,18)(H,19,20). The second-order valence-electron chi connectivity index (χ2n) is 5.02. The maximum atomic E-state index is 11.8. The van der Waals surface area contributed by atoms with Crippen LogP contribution in [-0.4, -0.2) is 36.7 Å². The lowest BCUT2D eigenvalue weighted by molar-refractivity contribution is -0.142. The van der Waals surface area contributed by atoms with Gasteiger partial charge in [-0.15, -0.1) is 0 Å². The molecule has 0 fully saturated rings. The number of nitrogens with one attached hydrogen (secondary N) is 1. The first-order valence-corrected chi connectivity index (χ1v) is 7.27. The molecule has 0 spiro atoms. The number of aryl methyl sites for hydroxylation is 1. The first-order valence-electron chi connectivity index (χ1n) is 7.27. The molecule has 0 aromatic heterocycles. The van der Waals surface area contributed by atoms with Crippen molar-refractivity contribution >= 4 is 11.9 Å². The van der Waals surface area contributed by atoms with E-state index in [4.69, 9.17) is 14.6 Å². The molecule has 0 aliphatic heterocycles.